The van der Waals surface area contributed by atoms with E-state index in [2.05, 4.69) is 16.4 Å². The Balaban J connectivity index is 1.68. The molecule has 2 aromatic carbocycles. The van der Waals surface area contributed by atoms with E-state index in [0.29, 0.717) is 28.4 Å². The summed E-state index contributed by atoms with van der Waals surface area (Å²) in [5.74, 6) is 1.33. The molecule has 0 radical (unpaired) electrons. The van der Waals surface area contributed by atoms with E-state index in [1.54, 1.807) is 0 Å². The van der Waals surface area contributed by atoms with Crippen LogP contribution >= 0.6 is 11.8 Å². The standard InChI is InChI=1S/C24H23N3O2S/c1-4-22(30-24-21(15-25)16(2)14-17(3)26-24)23(28)27-18-10-12-20(13-11-18)29-19-8-6-5-7-9-19/h5-14,22H,4H2,1-3H3,(H,27,28). The van der Waals surface area contributed by atoms with E-state index in [9.17, 15) is 10.1 Å². The van der Waals surface area contributed by atoms with Crippen LogP contribution in [0.5, 0.6) is 11.5 Å². The Labute approximate surface area is 181 Å². The van der Waals surface area contributed by atoms with Crippen LogP contribution in [-0.2, 0) is 4.79 Å². The number of ether oxygens (including phenoxy) is 1. The lowest BCUT2D eigenvalue weighted by molar-refractivity contribution is -0.115. The van der Waals surface area contributed by atoms with Gasteiger partial charge in [-0.1, -0.05) is 36.9 Å². The number of para-hydroxylation sites is 1. The number of aryl methyl sites for hydroxylation is 2. The SMILES string of the molecule is CCC(Sc1nc(C)cc(C)c1C#N)C(=O)Nc1ccc(Oc2ccccc2)cc1. The summed E-state index contributed by atoms with van der Waals surface area (Å²) in [6, 6.07) is 20.9. The van der Waals surface area contributed by atoms with Crippen molar-refractivity contribution in [1.29, 1.82) is 5.26 Å². The smallest absolute Gasteiger partial charge is 0.237 e. The monoisotopic (exact) mass is 417 g/mol. The van der Waals surface area contributed by atoms with Crippen LogP contribution in [0.3, 0.4) is 0 Å². The number of carbonyl (C=O) groups is 1. The maximum absolute atomic E-state index is 12.8. The summed E-state index contributed by atoms with van der Waals surface area (Å²) < 4.78 is 5.78. The molecule has 6 heteroatoms. The topological polar surface area (TPSA) is 75.0 Å². The molecular formula is C24H23N3O2S. The van der Waals surface area contributed by atoms with E-state index < -0.39 is 0 Å². The molecule has 1 unspecified atom stereocenters. The summed E-state index contributed by atoms with van der Waals surface area (Å²) in [4.78, 5) is 17.3. The molecule has 152 valence electrons. The molecular weight excluding hydrogens is 394 g/mol. The molecule has 1 N–H and O–H groups in total. The quantitative estimate of drug-likeness (QED) is 0.487. The minimum atomic E-state index is -0.356. The van der Waals surface area contributed by atoms with Gasteiger partial charge in [-0.25, -0.2) is 4.98 Å². The van der Waals surface area contributed by atoms with Gasteiger partial charge in [-0.2, -0.15) is 5.26 Å². The first-order valence-electron chi connectivity index (χ1n) is 9.69. The number of carbonyl (C=O) groups excluding carboxylic acids is 1. The number of benzene rings is 2. The van der Waals surface area contributed by atoms with Crippen molar-refractivity contribution in [3.63, 3.8) is 0 Å². The van der Waals surface area contributed by atoms with Gasteiger partial charge < -0.3 is 10.1 Å². The second-order valence-corrected chi connectivity index (χ2v) is 8.01. The molecule has 0 bridgehead atoms. The van der Waals surface area contributed by atoms with Crippen molar-refractivity contribution < 1.29 is 9.53 Å². The summed E-state index contributed by atoms with van der Waals surface area (Å²) in [5.41, 5.74) is 2.92. The molecule has 1 amide bonds. The molecule has 1 heterocycles. The van der Waals surface area contributed by atoms with Crippen molar-refractivity contribution in [3.05, 3.63) is 77.5 Å². The number of hydrogen-bond donors (Lipinski definition) is 1. The van der Waals surface area contributed by atoms with Crippen molar-refractivity contribution in [2.45, 2.75) is 37.5 Å². The lowest BCUT2D eigenvalue weighted by Gasteiger charge is -2.16. The van der Waals surface area contributed by atoms with Gasteiger partial charge >= 0.3 is 0 Å². The molecule has 0 saturated carbocycles. The first-order valence-corrected chi connectivity index (χ1v) is 10.6. The highest BCUT2D eigenvalue weighted by Gasteiger charge is 2.21. The molecule has 30 heavy (non-hydrogen) atoms. The molecule has 1 atom stereocenters. The van der Waals surface area contributed by atoms with E-state index >= 15 is 0 Å². The van der Waals surface area contributed by atoms with Gasteiger partial charge in [0.25, 0.3) is 0 Å². The second-order valence-electron chi connectivity index (χ2n) is 6.82. The Morgan fingerprint density at radius 1 is 1.13 bits per heavy atom. The Morgan fingerprint density at radius 2 is 1.80 bits per heavy atom. The third-order valence-corrected chi connectivity index (χ3v) is 5.79. The van der Waals surface area contributed by atoms with Crippen molar-refractivity contribution in [3.8, 4) is 17.6 Å². The van der Waals surface area contributed by atoms with Gasteiger partial charge in [0.1, 0.15) is 22.6 Å². The summed E-state index contributed by atoms with van der Waals surface area (Å²) >= 11 is 1.33. The number of nitriles is 1. The van der Waals surface area contributed by atoms with Crippen LogP contribution in [0.25, 0.3) is 0 Å². The number of rotatable bonds is 7. The summed E-state index contributed by atoms with van der Waals surface area (Å²) in [5, 5.41) is 12.7. The number of thioether (sulfide) groups is 1. The predicted octanol–water partition coefficient (Wildman–Crippen LogP) is 5.87. The Bertz CT molecular complexity index is 1060. The van der Waals surface area contributed by atoms with Gasteiger partial charge in [0.15, 0.2) is 0 Å². The van der Waals surface area contributed by atoms with Crippen LogP contribution in [0, 0.1) is 25.2 Å². The first-order chi connectivity index (χ1) is 14.5. The van der Waals surface area contributed by atoms with E-state index in [4.69, 9.17) is 4.74 Å². The molecule has 0 aliphatic carbocycles. The summed E-state index contributed by atoms with van der Waals surface area (Å²) in [6.07, 6.45) is 0.616. The zero-order valence-electron chi connectivity index (χ0n) is 17.2. The average Bonchev–Trinajstić information content (AvgIpc) is 2.73. The molecule has 0 aliphatic rings. The fraction of sp³-hybridized carbons (Fsp3) is 0.208. The van der Waals surface area contributed by atoms with Crippen molar-refractivity contribution in [1.82, 2.24) is 4.98 Å². The Hall–Kier alpha value is -3.30. The molecule has 0 saturated heterocycles. The average molecular weight is 418 g/mol. The van der Waals surface area contributed by atoms with E-state index in [0.717, 1.165) is 17.0 Å². The number of pyridine rings is 1. The minimum absolute atomic E-state index is 0.121. The van der Waals surface area contributed by atoms with Crippen LogP contribution < -0.4 is 10.1 Å². The van der Waals surface area contributed by atoms with E-state index in [-0.39, 0.29) is 11.2 Å². The number of nitrogens with one attached hydrogen (secondary N) is 1. The lowest BCUT2D eigenvalue weighted by Crippen LogP contribution is -2.24. The fourth-order valence-corrected chi connectivity index (χ4v) is 4.06. The van der Waals surface area contributed by atoms with Crippen molar-refractivity contribution >= 4 is 23.4 Å². The van der Waals surface area contributed by atoms with Gasteiger partial charge in [0.05, 0.1) is 10.8 Å². The third kappa shape index (κ3) is 5.40. The van der Waals surface area contributed by atoms with Crippen LogP contribution in [0.2, 0.25) is 0 Å². The highest BCUT2D eigenvalue weighted by molar-refractivity contribution is 8.00. The largest absolute Gasteiger partial charge is 0.457 e. The summed E-state index contributed by atoms with van der Waals surface area (Å²) in [6.45, 7) is 5.72. The first kappa shape index (κ1) is 21.4. The fourth-order valence-electron chi connectivity index (χ4n) is 2.93. The predicted molar refractivity (Wildman–Crippen MR) is 120 cm³/mol. The molecule has 3 aromatic rings. The zero-order chi connectivity index (χ0) is 21.5. The summed E-state index contributed by atoms with van der Waals surface area (Å²) in [7, 11) is 0. The van der Waals surface area contributed by atoms with Crippen LogP contribution in [-0.4, -0.2) is 16.1 Å². The number of nitrogens with zero attached hydrogens (tertiary/aromatic N) is 2. The molecule has 0 fully saturated rings. The molecule has 3 rings (SSSR count). The number of aromatic nitrogens is 1. The van der Waals surface area contributed by atoms with E-state index in [1.165, 1.54) is 11.8 Å². The zero-order valence-corrected chi connectivity index (χ0v) is 18.0. The van der Waals surface area contributed by atoms with Crippen molar-refractivity contribution in [2.75, 3.05) is 5.32 Å². The lowest BCUT2D eigenvalue weighted by atomic mass is 10.1. The van der Waals surface area contributed by atoms with Gasteiger partial charge in [-0.15, -0.1) is 0 Å². The number of anilines is 1. The highest BCUT2D eigenvalue weighted by atomic mass is 32.2. The number of hydrogen-bond acceptors (Lipinski definition) is 5. The van der Waals surface area contributed by atoms with Crippen LogP contribution in [0.15, 0.2) is 65.7 Å². The Morgan fingerprint density at radius 3 is 2.43 bits per heavy atom. The normalized spacial score (nSPS) is 11.4. The van der Waals surface area contributed by atoms with Crippen LogP contribution in [0.4, 0.5) is 5.69 Å². The van der Waals surface area contributed by atoms with Crippen LogP contribution in [0.1, 0.15) is 30.2 Å². The minimum Gasteiger partial charge on any atom is -0.457 e. The molecule has 5 nitrogen and oxygen atoms in total. The van der Waals surface area contributed by atoms with Gasteiger partial charge in [-0.3, -0.25) is 4.79 Å². The molecule has 0 spiro atoms. The molecule has 1 aromatic heterocycles. The maximum atomic E-state index is 12.8. The molecule has 0 aliphatic heterocycles. The third-order valence-electron chi connectivity index (χ3n) is 4.44. The maximum Gasteiger partial charge on any atom is 0.237 e. The second kappa shape index (κ2) is 9.95. The van der Waals surface area contributed by atoms with Gasteiger partial charge in [-0.05, 0) is 68.3 Å². The highest BCUT2D eigenvalue weighted by Crippen LogP contribution is 2.30. The Kier molecular flexibility index (Phi) is 7.10. The van der Waals surface area contributed by atoms with Gasteiger partial charge in [0, 0.05) is 11.4 Å². The number of amides is 1. The van der Waals surface area contributed by atoms with Gasteiger partial charge in [0.2, 0.25) is 5.91 Å². The van der Waals surface area contributed by atoms with E-state index in [1.807, 2.05) is 81.4 Å². The van der Waals surface area contributed by atoms with Crippen molar-refractivity contribution in [2.24, 2.45) is 0 Å².